The molecule has 3 rings (SSSR count). The van der Waals surface area contributed by atoms with Crippen LogP contribution in [0.2, 0.25) is 0 Å². The smallest absolute Gasteiger partial charge is 0.436 e. The molecule has 26 heavy (non-hydrogen) atoms. The lowest BCUT2D eigenvalue weighted by Crippen LogP contribution is -2.24. The second-order valence-electron chi connectivity index (χ2n) is 5.21. The van der Waals surface area contributed by atoms with Crippen LogP contribution in [-0.4, -0.2) is 42.2 Å². The summed E-state index contributed by atoms with van der Waals surface area (Å²) in [4.78, 5) is 31.0. The van der Waals surface area contributed by atoms with Crippen LogP contribution in [0, 0.1) is 0 Å². The predicted octanol–water partition coefficient (Wildman–Crippen LogP) is 1.81. The van der Waals surface area contributed by atoms with E-state index in [2.05, 4.69) is 41.4 Å². The molecule has 0 fully saturated rings. The van der Waals surface area contributed by atoms with E-state index in [0.717, 1.165) is 4.90 Å². The van der Waals surface area contributed by atoms with Gasteiger partial charge in [0.05, 0.1) is 18.8 Å². The van der Waals surface area contributed by atoms with Crippen molar-refractivity contribution in [1.82, 2.24) is 25.1 Å². The summed E-state index contributed by atoms with van der Waals surface area (Å²) in [5.41, 5.74) is 4.41. The van der Waals surface area contributed by atoms with Crippen LogP contribution < -0.4 is 11.1 Å². The maximum Gasteiger partial charge on any atom is 0.436 e. The van der Waals surface area contributed by atoms with E-state index in [-0.39, 0.29) is 18.9 Å². The Morgan fingerprint density at radius 1 is 1.31 bits per heavy atom. The van der Waals surface area contributed by atoms with Gasteiger partial charge in [0, 0.05) is 5.56 Å². The highest BCUT2D eigenvalue weighted by Gasteiger charge is 2.37. The van der Waals surface area contributed by atoms with Gasteiger partial charge < -0.3 is 16.2 Å². The highest BCUT2D eigenvalue weighted by atomic mass is 79.9. The Balaban J connectivity index is 1.85. The first kappa shape index (κ1) is 17.9. The first-order valence-electron chi connectivity index (χ1n) is 6.83. The van der Waals surface area contributed by atoms with Gasteiger partial charge in [0.2, 0.25) is 0 Å². The Hall–Kier alpha value is -2.90. The van der Waals surface area contributed by atoms with E-state index in [4.69, 9.17) is 10.8 Å². The summed E-state index contributed by atoms with van der Waals surface area (Å²) in [5.74, 6) is -1.53. The van der Waals surface area contributed by atoms with Crippen molar-refractivity contribution in [2.75, 3.05) is 11.1 Å². The summed E-state index contributed by atoms with van der Waals surface area (Å²) in [6.07, 6.45) is -5.94. The van der Waals surface area contributed by atoms with E-state index in [9.17, 15) is 22.8 Å². The fraction of sp³-hybridized carbons (Fsp3) is 0.250. The highest BCUT2D eigenvalue weighted by molar-refractivity contribution is 9.10. The van der Waals surface area contributed by atoms with Crippen LogP contribution in [0.3, 0.4) is 0 Å². The number of hydrogen-bond donors (Lipinski definition) is 4. The number of aromatic amines is 1. The Morgan fingerprint density at radius 2 is 2.00 bits per heavy atom. The number of amides is 2. The van der Waals surface area contributed by atoms with E-state index in [1.165, 1.54) is 0 Å². The SMILES string of the molecule is Nc1nc(C(F)(F)F)c(Br)nc1C(=O)Nc1[nH]nc2c1CN(C(=O)O)C2. The van der Waals surface area contributed by atoms with Crippen molar-refractivity contribution in [3.8, 4) is 0 Å². The van der Waals surface area contributed by atoms with Crippen LogP contribution in [0.4, 0.5) is 29.6 Å². The lowest BCUT2D eigenvalue weighted by atomic mass is 10.2. The number of nitrogens with zero attached hydrogens (tertiary/aromatic N) is 4. The zero-order valence-corrected chi connectivity index (χ0v) is 14.1. The average Bonchev–Trinajstić information content (AvgIpc) is 3.10. The maximum atomic E-state index is 12.8. The molecule has 0 aliphatic carbocycles. The molecule has 2 aromatic rings. The van der Waals surface area contributed by atoms with Crippen molar-refractivity contribution < 1.29 is 27.9 Å². The van der Waals surface area contributed by atoms with Crippen molar-refractivity contribution in [3.63, 3.8) is 0 Å². The number of H-pyrrole nitrogens is 1. The summed E-state index contributed by atoms with van der Waals surface area (Å²) in [6.45, 7) is 0.0411. The number of fused-ring (bicyclic) bond motifs is 1. The number of carboxylic acid groups (broad SMARTS) is 1. The molecule has 1 aliphatic heterocycles. The average molecular weight is 436 g/mol. The Bertz CT molecular complexity index is 914. The predicted molar refractivity (Wildman–Crippen MR) is 83.0 cm³/mol. The number of nitrogens with one attached hydrogen (secondary N) is 2. The third-order valence-electron chi connectivity index (χ3n) is 3.52. The molecule has 2 amide bonds. The quantitative estimate of drug-likeness (QED) is 0.561. The van der Waals surface area contributed by atoms with Gasteiger partial charge in [-0.3, -0.25) is 14.8 Å². The van der Waals surface area contributed by atoms with Gasteiger partial charge in [0.15, 0.2) is 17.2 Å². The van der Waals surface area contributed by atoms with E-state index < -0.39 is 40.0 Å². The first-order chi connectivity index (χ1) is 12.1. The van der Waals surface area contributed by atoms with Crippen molar-refractivity contribution in [1.29, 1.82) is 0 Å². The molecular formula is C12H9BrF3N7O3. The molecule has 14 heteroatoms. The molecule has 3 heterocycles. The molecule has 5 N–H and O–H groups in total. The standard InChI is InChI=1S/C12H9BrF3N7O3/c13-7-6(12(14,15)16)19-8(17)5(18-7)10(24)20-9-3-1-23(11(25)26)2-4(3)21-22-9/h1-2H2,(H2,17,19)(H,25,26)(H2,20,21,22,24). The van der Waals surface area contributed by atoms with Gasteiger partial charge in [-0.2, -0.15) is 18.3 Å². The number of hydrogen-bond acceptors (Lipinski definition) is 6. The molecule has 0 radical (unpaired) electrons. The summed E-state index contributed by atoms with van der Waals surface area (Å²) < 4.78 is 37.6. The molecule has 0 saturated carbocycles. The number of nitrogens with two attached hydrogens (primary N) is 1. The largest absolute Gasteiger partial charge is 0.465 e. The summed E-state index contributed by atoms with van der Waals surface area (Å²) in [7, 11) is 0. The van der Waals surface area contributed by atoms with Crippen LogP contribution in [0.15, 0.2) is 4.60 Å². The van der Waals surface area contributed by atoms with E-state index in [1.54, 1.807) is 0 Å². The van der Waals surface area contributed by atoms with Gasteiger partial charge in [0.25, 0.3) is 5.91 Å². The third kappa shape index (κ3) is 3.14. The number of carbonyl (C=O) groups excluding carboxylic acids is 1. The van der Waals surface area contributed by atoms with E-state index in [0.29, 0.717) is 11.3 Å². The van der Waals surface area contributed by atoms with Crippen LogP contribution >= 0.6 is 15.9 Å². The highest BCUT2D eigenvalue weighted by Crippen LogP contribution is 2.33. The van der Waals surface area contributed by atoms with Gasteiger partial charge in [0.1, 0.15) is 10.4 Å². The molecule has 1 aliphatic rings. The van der Waals surface area contributed by atoms with Crippen molar-refractivity contribution in [3.05, 3.63) is 27.2 Å². The van der Waals surface area contributed by atoms with Crippen LogP contribution in [0.25, 0.3) is 0 Å². The summed E-state index contributed by atoms with van der Waals surface area (Å²) in [6, 6.07) is 0. The molecule has 2 aromatic heterocycles. The zero-order chi connectivity index (χ0) is 19.2. The number of carbonyl (C=O) groups is 2. The van der Waals surface area contributed by atoms with Crippen LogP contribution in [0.5, 0.6) is 0 Å². The van der Waals surface area contributed by atoms with Crippen LogP contribution in [0.1, 0.15) is 27.4 Å². The van der Waals surface area contributed by atoms with Crippen LogP contribution in [-0.2, 0) is 19.3 Å². The minimum Gasteiger partial charge on any atom is -0.465 e. The minimum absolute atomic E-state index is 0.00531. The Kier molecular flexibility index (Phi) is 4.21. The molecule has 138 valence electrons. The third-order valence-corrected chi connectivity index (χ3v) is 4.07. The van der Waals surface area contributed by atoms with Crippen molar-refractivity contribution in [2.24, 2.45) is 0 Å². The number of rotatable bonds is 2. The maximum absolute atomic E-state index is 12.8. The number of anilines is 2. The van der Waals surface area contributed by atoms with Crippen molar-refractivity contribution in [2.45, 2.75) is 19.3 Å². The van der Waals surface area contributed by atoms with E-state index in [1.807, 2.05) is 0 Å². The van der Waals surface area contributed by atoms with Gasteiger partial charge in [-0.1, -0.05) is 0 Å². The molecule has 0 atom stereocenters. The normalized spacial score (nSPS) is 13.6. The fourth-order valence-corrected chi connectivity index (χ4v) is 2.81. The number of aromatic nitrogens is 4. The summed E-state index contributed by atoms with van der Waals surface area (Å²) in [5, 5.41) is 17.8. The molecule has 0 bridgehead atoms. The molecule has 10 nitrogen and oxygen atoms in total. The second kappa shape index (κ2) is 6.12. The molecule has 0 spiro atoms. The lowest BCUT2D eigenvalue weighted by molar-refractivity contribution is -0.142. The molecule has 0 unspecified atom stereocenters. The van der Waals surface area contributed by atoms with Gasteiger partial charge >= 0.3 is 12.3 Å². The fourth-order valence-electron chi connectivity index (χ4n) is 2.32. The van der Waals surface area contributed by atoms with Gasteiger partial charge in [-0.05, 0) is 15.9 Å². The van der Waals surface area contributed by atoms with Gasteiger partial charge in [-0.15, -0.1) is 0 Å². The molecular weight excluding hydrogens is 427 g/mol. The Labute approximate surface area is 150 Å². The number of nitrogen functional groups attached to an aromatic ring is 1. The molecule has 0 aromatic carbocycles. The number of alkyl halides is 3. The van der Waals surface area contributed by atoms with Crippen molar-refractivity contribution >= 4 is 39.6 Å². The zero-order valence-electron chi connectivity index (χ0n) is 12.6. The topological polar surface area (TPSA) is 150 Å². The first-order valence-corrected chi connectivity index (χ1v) is 7.62. The second-order valence-corrected chi connectivity index (χ2v) is 5.96. The number of halogens is 4. The lowest BCUT2D eigenvalue weighted by Gasteiger charge is -2.12. The minimum atomic E-state index is -4.79. The summed E-state index contributed by atoms with van der Waals surface area (Å²) >= 11 is 2.62. The van der Waals surface area contributed by atoms with Gasteiger partial charge in [-0.25, -0.2) is 14.8 Å². The monoisotopic (exact) mass is 435 g/mol. The van der Waals surface area contributed by atoms with E-state index >= 15 is 0 Å². The Morgan fingerprint density at radius 3 is 2.62 bits per heavy atom. The molecule has 0 saturated heterocycles.